The van der Waals surface area contributed by atoms with E-state index in [0.29, 0.717) is 24.8 Å². The third-order valence-electron chi connectivity index (χ3n) is 4.10. The summed E-state index contributed by atoms with van der Waals surface area (Å²) in [7, 11) is 0. The summed E-state index contributed by atoms with van der Waals surface area (Å²) in [5.74, 6) is -0.251. The van der Waals surface area contributed by atoms with E-state index in [4.69, 9.17) is 4.74 Å². The number of ether oxygens (including phenoxy) is 1. The first kappa shape index (κ1) is 18.4. The number of piperidine rings is 1. The van der Waals surface area contributed by atoms with E-state index in [0.717, 1.165) is 18.5 Å². The van der Waals surface area contributed by atoms with Crippen molar-refractivity contribution >= 4 is 28.3 Å². The Balaban J connectivity index is 1.40. The first-order chi connectivity index (χ1) is 12.7. The van der Waals surface area contributed by atoms with Crippen molar-refractivity contribution in [2.24, 2.45) is 0 Å². The Hall–Kier alpha value is -2.39. The molecular weight excluding hydrogens is 354 g/mol. The minimum absolute atomic E-state index is 0.00456. The van der Waals surface area contributed by atoms with E-state index in [1.54, 1.807) is 16.6 Å². The molecular formula is C17H21N5O3S. The minimum Gasteiger partial charge on any atom is -0.370 e. The summed E-state index contributed by atoms with van der Waals surface area (Å²) >= 11 is 1.25. The molecule has 8 nitrogen and oxygen atoms in total. The normalized spacial score (nSPS) is 17.1. The van der Waals surface area contributed by atoms with Crippen molar-refractivity contribution in [3.8, 4) is 0 Å². The number of aromatic nitrogens is 3. The van der Waals surface area contributed by atoms with Gasteiger partial charge in [0.15, 0.2) is 0 Å². The first-order valence-electron chi connectivity index (χ1n) is 8.56. The quantitative estimate of drug-likeness (QED) is 0.793. The summed E-state index contributed by atoms with van der Waals surface area (Å²) in [6, 6.07) is 5.71. The molecule has 9 heteroatoms. The lowest BCUT2D eigenvalue weighted by atomic mass is 10.1. The van der Waals surface area contributed by atoms with Crippen molar-refractivity contribution in [1.82, 2.24) is 20.1 Å². The zero-order chi connectivity index (χ0) is 18.2. The van der Waals surface area contributed by atoms with Crippen LogP contribution in [0.2, 0.25) is 0 Å². The van der Waals surface area contributed by atoms with Gasteiger partial charge in [0.05, 0.1) is 18.4 Å². The Morgan fingerprint density at radius 1 is 1.35 bits per heavy atom. The van der Waals surface area contributed by atoms with Crippen molar-refractivity contribution in [2.45, 2.75) is 38.4 Å². The number of likely N-dealkylation sites (tertiary alicyclic amines) is 1. The summed E-state index contributed by atoms with van der Waals surface area (Å²) in [5, 5.41) is 10.5. The van der Waals surface area contributed by atoms with E-state index in [-0.39, 0.29) is 30.8 Å². The Bertz CT molecular complexity index is 710. The fourth-order valence-corrected chi connectivity index (χ4v) is 3.24. The molecule has 0 radical (unpaired) electrons. The highest BCUT2D eigenvalue weighted by molar-refractivity contribution is 7.13. The van der Waals surface area contributed by atoms with Crippen LogP contribution in [0, 0.1) is 0 Å². The standard InChI is InChI=1S/C17H21N5O3S/c23-15(20-17-21-19-12-26-17)6-7-16(24)22-9-3-5-14(10-22)25-11-13-4-1-2-8-18-13/h1-2,4,8,12,14H,3,5-7,9-11H2,(H,20,21,23). The van der Waals surface area contributed by atoms with Gasteiger partial charge < -0.3 is 15.0 Å². The predicted molar refractivity (Wildman–Crippen MR) is 96.4 cm³/mol. The lowest BCUT2D eigenvalue weighted by Gasteiger charge is -2.32. The number of amides is 2. The summed E-state index contributed by atoms with van der Waals surface area (Å²) in [4.78, 5) is 30.2. The van der Waals surface area contributed by atoms with Crippen molar-refractivity contribution in [2.75, 3.05) is 18.4 Å². The molecule has 2 amide bonds. The van der Waals surface area contributed by atoms with E-state index < -0.39 is 0 Å². The molecule has 2 aromatic rings. The number of pyridine rings is 1. The number of rotatable bonds is 7. The highest BCUT2D eigenvalue weighted by atomic mass is 32.1. The smallest absolute Gasteiger partial charge is 0.226 e. The zero-order valence-corrected chi connectivity index (χ0v) is 15.2. The van der Waals surface area contributed by atoms with Crippen LogP contribution < -0.4 is 5.32 Å². The summed E-state index contributed by atoms with van der Waals surface area (Å²) < 4.78 is 5.90. The van der Waals surface area contributed by atoms with Gasteiger partial charge in [-0.15, -0.1) is 10.2 Å². The molecule has 0 spiro atoms. The second-order valence-electron chi connectivity index (χ2n) is 6.03. The Labute approximate surface area is 155 Å². The van der Waals surface area contributed by atoms with Gasteiger partial charge in [-0.05, 0) is 25.0 Å². The van der Waals surface area contributed by atoms with Gasteiger partial charge in [0.1, 0.15) is 5.51 Å². The van der Waals surface area contributed by atoms with Crippen LogP contribution >= 0.6 is 11.3 Å². The summed E-state index contributed by atoms with van der Waals surface area (Å²) in [5.41, 5.74) is 2.42. The van der Waals surface area contributed by atoms with E-state index in [9.17, 15) is 9.59 Å². The number of anilines is 1. The van der Waals surface area contributed by atoms with Crippen LogP contribution in [0.5, 0.6) is 0 Å². The lowest BCUT2D eigenvalue weighted by molar-refractivity contribution is -0.136. The van der Waals surface area contributed by atoms with Crippen LogP contribution in [0.1, 0.15) is 31.4 Å². The Morgan fingerprint density at radius 2 is 2.27 bits per heavy atom. The van der Waals surface area contributed by atoms with E-state index >= 15 is 0 Å². The maximum atomic E-state index is 12.4. The van der Waals surface area contributed by atoms with Crippen LogP contribution in [0.4, 0.5) is 5.13 Å². The molecule has 138 valence electrons. The molecule has 1 saturated heterocycles. The van der Waals surface area contributed by atoms with Gasteiger partial charge in [-0.2, -0.15) is 0 Å². The molecule has 1 fully saturated rings. The Morgan fingerprint density at radius 3 is 3.04 bits per heavy atom. The van der Waals surface area contributed by atoms with Crippen molar-refractivity contribution in [3.05, 3.63) is 35.6 Å². The van der Waals surface area contributed by atoms with Gasteiger partial charge in [0, 0.05) is 32.1 Å². The maximum Gasteiger partial charge on any atom is 0.226 e. The summed E-state index contributed by atoms with van der Waals surface area (Å²) in [6.45, 7) is 1.71. The molecule has 1 N–H and O–H groups in total. The van der Waals surface area contributed by atoms with E-state index in [2.05, 4.69) is 20.5 Å². The van der Waals surface area contributed by atoms with Crippen molar-refractivity contribution in [1.29, 1.82) is 0 Å². The fourth-order valence-electron chi connectivity index (χ4n) is 2.78. The topological polar surface area (TPSA) is 97.3 Å². The number of nitrogens with zero attached hydrogens (tertiary/aromatic N) is 4. The molecule has 1 aliphatic rings. The SMILES string of the molecule is O=C(CCC(=O)N1CCCC(OCc2ccccn2)C1)Nc1nncs1. The summed E-state index contributed by atoms with van der Waals surface area (Å²) in [6.07, 6.45) is 3.88. The highest BCUT2D eigenvalue weighted by Crippen LogP contribution is 2.16. The zero-order valence-electron chi connectivity index (χ0n) is 14.3. The molecule has 3 rings (SSSR count). The first-order valence-corrected chi connectivity index (χ1v) is 9.44. The molecule has 3 heterocycles. The molecule has 26 heavy (non-hydrogen) atoms. The van der Waals surface area contributed by atoms with Crippen LogP contribution in [-0.4, -0.2) is 51.1 Å². The maximum absolute atomic E-state index is 12.4. The molecule has 0 saturated carbocycles. The van der Waals surface area contributed by atoms with Gasteiger partial charge in [-0.25, -0.2) is 0 Å². The molecule has 1 atom stereocenters. The number of nitrogens with one attached hydrogen (secondary N) is 1. The monoisotopic (exact) mass is 375 g/mol. The molecule has 0 aliphatic carbocycles. The number of carbonyl (C=O) groups excluding carboxylic acids is 2. The number of hydrogen-bond donors (Lipinski definition) is 1. The highest BCUT2D eigenvalue weighted by Gasteiger charge is 2.24. The lowest BCUT2D eigenvalue weighted by Crippen LogP contribution is -2.43. The molecule has 0 aromatic carbocycles. The molecule has 1 aliphatic heterocycles. The van der Waals surface area contributed by atoms with Crippen LogP contribution in [0.15, 0.2) is 29.9 Å². The molecule has 1 unspecified atom stereocenters. The van der Waals surface area contributed by atoms with Gasteiger partial charge in [0.2, 0.25) is 16.9 Å². The van der Waals surface area contributed by atoms with Crippen molar-refractivity contribution < 1.29 is 14.3 Å². The minimum atomic E-state index is -0.227. The van der Waals surface area contributed by atoms with Gasteiger partial charge in [-0.3, -0.25) is 14.6 Å². The average Bonchev–Trinajstić information content (AvgIpc) is 3.18. The number of hydrogen-bond acceptors (Lipinski definition) is 7. The third-order valence-corrected chi connectivity index (χ3v) is 4.70. The fraction of sp³-hybridized carbons (Fsp3) is 0.471. The van der Waals surface area contributed by atoms with Crippen LogP contribution in [0.25, 0.3) is 0 Å². The molecule has 2 aromatic heterocycles. The van der Waals surface area contributed by atoms with Crippen LogP contribution in [-0.2, 0) is 20.9 Å². The van der Waals surface area contributed by atoms with Gasteiger partial charge >= 0.3 is 0 Å². The second-order valence-corrected chi connectivity index (χ2v) is 6.86. The average molecular weight is 375 g/mol. The third kappa shape index (κ3) is 5.57. The second kappa shape index (κ2) is 9.35. The van der Waals surface area contributed by atoms with E-state index in [1.807, 2.05) is 18.2 Å². The van der Waals surface area contributed by atoms with Crippen molar-refractivity contribution in [3.63, 3.8) is 0 Å². The van der Waals surface area contributed by atoms with Crippen LogP contribution in [0.3, 0.4) is 0 Å². The molecule has 0 bridgehead atoms. The largest absolute Gasteiger partial charge is 0.370 e. The van der Waals surface area contributed by atoms with Gasteiger partial charge in [-0.1, -0.05) is 17.4 Å². The number of carbonyl (C=O) groups is 2. The predicted octanol–water partition coefficient (Wildman–Crippen LogP) is 1.86. The Kier molecular flexibility index (Phi) is 6.62. The van der Waals surface area contributed by atoms with Gasteiger partial charge in [0.25, 0.3) is 0 Å². The van der Waals surface area contributed by atoms with E-state index in [1.165, 1.54) is 11.3 Å².